The fourth-order valence-electron chi connectivity index (χ4n) is 1.76. The summed E-state index contributed by atoms with van der Waals surface area (Å²) in [6.07, 6.45) is 8.19. The number of nitrogens with one attached hydrogen (secondary N) is 1. The van der Waals surface area contributed by atoms with Gasteiger partial charge in [-0.1, -0.05) is 11.8 Å². The Morgan fingerprint density at radius 3 is 3.11 bits per heavy atom. The average molecular weight is 279 g/mol. The van der Waals surface area contributed by atoms with Gasteiger partial charge >= 0.3 is 0 Å². The van der Waals surface area contributed by atoms with E-state index in [-0.39, 0.29) is 0 Å². The maximum absolute atomic E-state index is 4.06. The number of aryl methyl sites for hydroxylation is 1. The van der Waals surface area contributed by atoms with Crippen LogP contribution in [0.25, 0.3) is 0 Å². The van der Waals surface area contributed by atoms with Crippen LogP contribution in [0, 0.1) is 0 Å². The van der Waals surface area contributed by atoms with Crippen LogP contribution in [0.5, 0.6) is 0 Å². The Hall–Kier alpha value is -1.41. The van der Waals surface area contributed by atoms with Gasteiger partial charge in [-0.25, -0.2) is 9.67 Å². The number of aromatic nitrogens is 6. The lowest BCUT2D eigenvalue weighted by Crippen LogP contribution is -2.22. The second-order valence-corrected chi connectivity index (χ2v) is 5.62. The topological polar surface area (TPSA) is 73.5 Å². The normalized spacial score (nSPS) is 14.9. The summed E-state index contributed by atoms with van der Waals surface area (Å²) in [5.74, 6) is 0.937. The molecule has 0 spiro atoms. The first-order valence-corrected chi connectivity index (χ1v) is 7.48. The molecule has 2 heterocycles. The van der Waals surface area contributed by atoms with E-state index in [1.165, 1.54) is 12.8 Å². The third-order valence-corrected chi connectivity index (χ3v) is 3.91. The summed E-state index contributed by atoms with van der Waals surface area (Å²) in [7, 11) is 0. The molecule has 0 aromatic carbocycles. The lowest BCUT2D eigenvalue weighted by atomic mass is 10.6. The van der Waals surface area contributed by atoms with Gasteiger partial charge in [-0.2, -0.15) is 0 Å². The molecule has 3 rings (SSSR count). The Labute approximate surface area is 115 Å². The van der Waals surface area contributed by atoms with Gasteiger partial charge in [0.05, 0.1) is 12.9 Å². The zero-order chi connectivity index (χ0) is 12.9. The largest absolute Gasteiger partial charge is 0.337 e. The summed E-state index contributed by atoms with van der Waals surface area (Å²) in [6, 6.07) is 0.730. The second kappa shape index (κ2) is 6.16. The van der Waals surface area contributed by atoms with Gasteiger partial charge in [0.15, 0.2) is 0 Å². The van der Waals surface area contributed by atoms with E-state index < -0.39 is 0 Å². The van der Waals surface area contributed by atoms with Gasteiger partial charge in [-0.3, -0.25) is 0 Å². The standard InChI is InChI=1S/C11H17N7S/c1-2-10(1)13-4-6-18-11(14-15-16-18)19-8-7-17-5-3-12-9-17/h3,5,9-10,13H,1-2,4,6-8H2. The third-order valence-electron chi connectivity index (χ3n) is 2.97. The first-order chi connectivity index (χ1) is 9.42. The molecule has 0 aliphatic heterocycles. The van der Waals surface area contributed by atoms with Crippen LogP contribution in [0.1, 0.15) is 12.8 Å². The predicted molar refractivity (Wildman–Crippen MR) is 71.8 cm³/mol. The molecular weight excluding hydrogens is 262 g/mol. The van der Waals surface area contributed by atoms with E-state index >= 15 is 0 Å². The Morgan fingerprint density at radius 1 is 1.37 bits per heavy atom. The maximum atomic E-state index is 4.06. The number of imidazole rings is 1. The van der Waals surface area contributed by atoms with E-state index in [0.29, 0.717) is 0 Å². The Kier molecular flexibility index (Phi) is 4.09. The summed E-state index contributed by atoms with van der Waals surface area (Å²) < 4.78 is 3.92. The Balaban J connectivity index is 1.43. The van der Waals surface area contributed by atoms with Crippen molar-refractivity contribution in [3.63, 3.8) is 0 Å². The summed E-state index contributed by atoms with van der Waals surface area (Å²) in [5.41, 5.74) is 0. The number of nitrogens with zero attached hydrogens (tertiary/aromatic N) is 6. The van der Waals surface area contributed by atoms with Crippen LogP contribution >= 0.6 is 11.8 Å². The van der Waals surface area contributed by atoms with Gasteiger partial charge in [0, 0.05) is 37.3 Å². The third kappa shape index (κ3) is 3.77. The van der Waals surface area contributed by atoms with Gasteiger partial charge in [0.2, 0.25) is 5.16 Å². The van der Waals surface area contributed by atoms with Crippen molar-refractivity contribution in [1.29, 1.82) is 0 Å². The molecule has 0 unspecified atom stereocenters. The van der Waals surface area contributed by atoms with Crippen molar-refractivity contribution in [2.45, 2.75) is 37.1 Å². The van der Waals surface area contributed by atoms with E-state index in [0.717, 1.165) is 36.6 Å². The molecule has 1 aliphatic rings. The van der Waals surface area contributed by atoms with Gasteiger partial charge in [0.1, 0.15) is 0 Å². The highest BCUT2D eigenvalue weighted by atomic mass is 32.2. The molecule has 102 valence electrons. The smallest absolute Gasteiger partial charge is 0.209 e. The van der Waals surface area contributed by atoms with Crippen LogP contribution in [0.3, 0.4) is 0 Å². The maximum Gasteiger partial charge on any atom is 0.209 e. The zero-order valence-corrected chi connectivity index (χ0v) is 11.5. The number of thioether (sulfide) groups is 1. The minimum atomic E-state index is 0.730. The van der Waals surface area contributed by atoms with Crippen molar-refractivity contribution < 1.29 is 0 Å². The minimum absolute atomic E-state index is 0.730. The lowest BCUT2D eigenvalue weighted by Gasteiger charge is -2.05. The van der Waals surface area contributed by atoms with E-state index in [2.05, 4.69) is 30.4 Å². The van der Waals surface area contributed by atoms with Crippen molar-refractivity contribution >= 4 is 11.8 Å². The lowest BCUT2D eigenvalue weighted by molar-refractivity contribution is 0.509. The number of hydrogen-bond donors (Lipinski definition) is 1. The van der Waals surface area contributed by atoms with Gasteiger partial charge in [0.25, 0.3) is 0 Å². The van der Waals surface area contributed by atoms with Crippen molar-refractivity contribution in [2.75, 3.05) is 12.3 Å². The SMILES string of the molecule is c1cn(CCSc2nnnn2CCNC2CC2)cn1. The number of rotatable bonds is 8. The molecule has 0 amide bonds. The minimum Gasteiger partial charge on any atom is -0.337 e. The molecule has 0 saturated heterocycles. The predicted octanol–water partition coefficient (Wildman–Crippen LogP) is 0.414. The van der Waals surface area contributed by atoms with E-state index in [1.54, 1.807) is 18.0 Å². The number of hydrogen-bond acceptors (Lipinski definition) is 6. The Morgan fingerprint density at radius 2 is 2.32 bits per heavy atom. The Bertz CT molecular complexity index is 491. The monoisotopic (exact) mass is 279 g/mol. The molecule has 0 radical (unpaired) electrons. The molecule has 1 aliphatic carbocycles. The van der Waals surface area contributed by atoms with Crippen LogP contribution in [-0.2, 0) is 13.1 Å². The zero-order valence-electron chi connectivity index (χ0n) is 10.6. The molecule has 2 aromatic rings. The summed E-state index contributed by atoms with van der Waals surface area (Å²) in [4.78, 5) is 4.02. The van der Waals surface area contributed by atoms with Crippen LogP contribution in [-0.4, -0.2) is 48.1 Å². The van der Waals surface area contributed by atoms with E-state index in [4.69, 9.17) is 0 Å². The number of tetrazole rings is 1. The first kappa shape index (κ1) is 12.6. The summed E-state index contributed by atoms with van der Waals surface area (Å²) in [6.45, 7) is 2.68. The summed E-state index contributed by atoms with van der Waals surface area (Å²) in [5, 5.41) is 16.2. The molecule has 1 saturated carbocycles. The highest BCUT2D eigenvalue weighted by Crippen LogP contribution is 2.18. The highest BCUT2D eigenvalue weighted by Gasteiger charge is 2.19. The molecule has 7 nitrogen and oxygen atoms in total. The van der Waals surface area contributed by atoms with Crippen LogP contribution < -0.4 is 5.32 Å². The molecular formula is C11H17N7S. The van der Waals surface area contributed by atoms with Crippen LogP contribution in [0.2, 0.25) is 0 Å². The van der Waals surface area contributed by atoms with Gasteiger partial charge < -0.3 is 9.88 Å². The summed E-state index contributed by atoms with van der Waals surface area (Å²) >= 11 is 1.68. The molecule has 0 bridgehead atoms. The molecule has 8 heteroatoms. The van der Waals surface area contributed by atoms with Crippen LogP contribution in [0.15, 0.2) is 23.9 Å². The fraction of sp³-hybridized carbons (Fsp3) is 0.636. The molecule has 0 atom stereocenters. The van der Waals surface area contributed by atoms with Crippen molar-refractivity contribution in [1.82, 2.24) is 35.1 Å². The van der Waals surface area contributed by atoms with Gasteiger partial charge in [-0.05, 0) is 23.3 Å². The van der Waals surface area contributed by atoms with E-state index in [1.807, 2.05) is 17.2 Å². The second-order valence-electron chi connectivity index (χ2n) is 4.56. The van der Waals surface area contributed by atoms with Crippen molar-refractivity contribution in [3.05, 3.63) is 18.7 Å². The fourth-order valence-corrected chi connectivity index (χ4v) is 2.62. The average Bonchev–Trinajstić information content (AvgIpc) is 2.90. The van der Waals surface area contributed by atoms with Gasteiger partial charge in [-0.15, -0.1) is 5.10 Å². The van der Waals surface area contributed by atoms with Crippen molar-refractivity contribution in [3.8, 4) is 0 Å². The van der Waals surface area contributed by atoms with E-state index in [9.17, 15) is 0 Å². The quantitative estimate of drug-likeness (QED) is 0.706. The molecule has 2 aromatic heterocycles. The molecule has 19 heavy (non-hydrogen) atoms. The highest BCUT2D eigenvalue weighted by molar-refractivity contribution is 7.99. The first-order valence-electron chi connectivity index (χ1n) is 6.50. The molecule has 1 fully saturated rings. The van der Waals surface area contributed by atoms with Crippen LogP contribution in [0.4, 0.5) is 0 Å². The molecule has 1 N–H and O–H groups in total. The van der Waals surface area contributed by atoms with Crippen molar-refractivity contribution in [2.24, 2.45) is 0 Å².